The topological polar surface area (TPSA) is 74.7 Å². The van der Waals surface area contributed by atoms with Crippen molar-refractivity contribution in [2.75, 3.05) is 42.6 Å². The van der Waals surface area contributed by atoms with Crippen molar-refractivity contribution in [2.24, 2.45) is 5.92 Å². The smallest absolute Gasteiger partial charge is 0.410 e. The number of rotatable bonds is 5. The summed E-state index contributed by atoms with van der Waals surface area (Å²) < 4.78 is 19.4. The first-order valence-corrected chi connectivity index (χ1v) is 12.9. The summed E-state index contributed by atoms with van der Waals surface area (Å²) in [4.78, 5) is 32.0. The molecule has 8 nitrogen and oxygen atoms in total. The molecule has 6 rings (SSSR count). The average molecular weight is 491 g/mol. The van der Waals surface area contributed by atoms with Crippen LogP contribution >= 0.6 is 0 Å². The molecule has 3 saturated heterocycles. The molecule has 5 heterocycles. The van der Waals surface area contributed by atoms with Crippen LogP contribution in [0.3, 0.4) is 0 Å². The predicted octanol–water partition coefficient (Wildman–Crippen LogP) is 4.04. The molecule has 36 heavy (non-hydrogen) atoms. The highest BCUT2D eigenvalue weighted by molar-refractivity contribution is 5.79. The van der Waals surface area contributed by atoms with Crippen LogP contribution in [0.5, 0.6) is 0 Å². The second-order valence-electron chi connectivity index (χ2n) is 10.2. The van der Waals surface area contributed by atoms with Crippen LogP contribution in [-0.2, 0) is 11.2 Å². The van der Waals surface area contributed by atoms with Gasteiger partial charge in [0.2, 0.25) is 5.95 Å². The molecule has 2 aromatic heterocycles. The van der Waals surface area contributed by atoms with E-state index in [2.05, 4.69) is 37.7 Å². The largest absolute Gasteiger partial charge is 0.448 e. The molecule has 3 aromatic rings. The van der Waals surface area contributed by atoms with E-state index in [-0.39, 0.29) is 24.0 Å². The van der Waals surface area contributed by atoms with Gasteiger partial charge in [-0.3, -0.25) is 9.88 Å². The van der Waals surface area contributed by atoms with Gasteiger partial charge < -0.3 is 14.5 Å². The Hall–Kier alpha value is -3.49. The van der Waals surface area contributed by atoms with Crippen molar-refractivity contribution in [1.82, 2.24) is 19.9 Å². The normalized spacial score (nSPS) is 24.6. The molecule has 0 spiro atoms. The third kappa shape index (κ3) is 4.31. The van der Waals surface area contributed by atoms with E-state index in [0.717, 1.165) is 50.7 Å². The lowest BCUT2D eigenvalue weighted by molar-refractivity contribution is 0.150. The van der Waals surface area contributed by atoms with Crippen molar-refractivity contribution in [1.29, 1.82) is 0 Å². The number of hydrogen-bond donors (Lipinski definition) is 0. The van der Waals surface area contributed by atoms with Gasteiger partial charge in [-0.1, -0.05) is 12.1 Å². The summed E-state index contributed by atoms with van der Waals surface area (Å²) in [6.07, 6.45) is 9.33. The van der Waals surface area contributed by atoms with Gasteiger partial charge in [0.1, 0.15) is 17.9 Å². The Bertz CT molecular complexity index is 1270. The van der Waals surface area contributed by atoms with E-state index in [4.69, 9.17) is 4.74 Å². The number of benzene rings is 1. The number of cyclic esters (lactones) is 1. The van der Waals surface area contributed by atoms with Crippen molar-refractivity contribution >= 4 is 28.6 Å². The van der Waals surface area contributed by atoms with Crippen LogP contribution in [0.4, 0.5) is 20.8 Å². The zero-order valence-corrected chi connectivity index (χ0v) is 20.5. The fourth-order valence-corrected chi connectivity index (χ4v) is 6.05. The van der Waals surface area contributed by atoms with Crippen LogP contribution in [0.15, 0.2) is 42.9 Å². The molecular formula is C27H31FN6O2. The number of nitrogens with zero attached hydrogens (tertiary/aromatic N) is 6. The molecule has 3 atom stereocenters. The minimum atomic E-state index is -0.312. The number of aromatic nitrogens is 3. The van der Waals surface area contributed by atoms with Crippen LogP contribution in [0, 0.1) is 11.7 Å². The first-order valence-electron chi connectivity index (χ1n) is 12.9. The van der Waals surface area contributed by atoms with Gasteiger partial charge in [0.25, 0.3) is 0 Å². The first kappa shape index (κ1) is 22.9. The summed E-state index contributed by atoms with van der Waals surface area (Å²) in [6.45, 7) is 5.97. The minimum Gasteiger partial charge on any atom is -0.448 e. The van der Waals surface area contributed by atoms with Crippen LogP contribution < -0.4 is 9.80 Å². The Morgan fingerprint density at radius 1 is 1.11 bits per heavy atom. The third-order valence-corrected chi connectivity index (χ3v) is 7.91. The van der Waals surface area contributed by atoms with Gasteiger partial charge in [-0.25, -0.2) is 19.2 Å². The molecular weight excluding hydrogens is 459 g/mol. The van der Waals surface area contributed by atoms with Gasteiger partial charge >= 0.3 is 6.09 Å². The maximum Gasteiger partial charge on any atom is 0.410 e. The van der Waals surface area contributed by atoms with E-state index in [9.17, 15) is 9.18 Å². The predicted molar refractivity (Wildman–Crippen MR) is 136 cm³/mol. The minimum absolute atomic E-state index is 0.185. The van der Waals surface area contributed by atoms with Crippen LogP contribution in [0.2, 0.25) is 0 Å². The standard InChI is InChI=1S/C27H31FN6O2/c1-18-13-19(6-10-33(18)26-30-16-20-3-2-4-23(28)25(20)31-26)14-21-15-29-8-5-24(21)32-9-7-22(17-32)34-11-12-36-27(34)35/h2-5,8,15-16,18-19,22H,6-7,9-14,17H2,1H3. The summed E-state index contributed by atoms with van der Waals surface area (Å²) in [7, 11) is 0. The maximum atomic E-state index is 14.3. The van der Waals surface area contributed by atoms with E-state index in [1.807, 2.05) is 23.4 Å². The van der Waals surface area contributed by atoms with Gasteiger partial charge in [-0.05, 0) is 56.2 Å². The van der Waals surface area contributed by atoms with E-state index >= 15 is 0 Å². The number of ether oxygens (including phenoxy) is 1. The molecule has 0 saturated carbocycles. The highest BCUT2D eigenvalue weighted by atomic mass is 19.1. The fraction of sp³-hybridized carbons (Fsp3) is 0.481. The van der Waals surface area contributed by atoms with Gasteiger partial charge in [0, 0.05) is 55.3 Å². The molecule has 0 N–H and O–H groups in total. The lowest BCUT2D eigenvalue weighted by Crippen LogP contribution is -2.42. The number of para-hydroxylation sites is 1. The Kier molecular flexibility index (Phi) is 6.07. The second kappa shape index (κ2) is 9.52. The molecule has 3 unspecified atom stereocenters. The van der Waals surface area contributed by atoms with Gasteiger partial charge in [0.15, 0.2) is 0 Å². The van der Waals surface area contributed by atoms with Crippen molar-refractivity contribution in [3.05, 3.63) is 54.2 Å². The number of fused-ring (bicyclic) bond motifs is 1. The second-order valence-corrected chi connectivity index (χ2v) is 10.2. The molecule has 3 fully saturated rings. The summed E-state index contributed by atoms with van der Waals surface area (Å²) in [5.74, 6) is 0.807. The number of amides is 1. The van der Waals surface area contributed by atoms with Crippen molar-refractivity contribution < 1.29 is 13.9 Å². The SMILES string of the molecule is CC1CC(Cc2cnccc2N2CCC(N3CCOC3=O)C2)CCN1c1ncc2cccc(F)c2n1. The Morgan fingerprint density at radius 3 is 2.86 bits per heavy atom. The van der Waals surface area contributed by atoms with Crippen molar-refractivity contribution in [3.8, 4) is 0 Å². The Balaban J connectivity index is 1.13. The lowest BCUT2D eigenvalue weighted by atomic mass is 9.86. The number of pyridine rings is 1. The summed E-state index contributed by atoms with van der Waals surface area (Å²) in [6, 6.07) is 7.53. The van der Waals surface area contributed by atoms with E-state index in [0.29, 0.717) is 30.5 Å². The number of carbonyl (C=O) groups excluding carboxylic acids is 1. The molecule has 9 heteroatoms. The number of halogens is 1. The zero-order chi connectivity index (χ0) is 24.6. The number of piperidine rings is 1. The lowest BCUT2D eigenvalue weighted by Gasteiger charge is -2.38. The first-order chi connectivity index (χ1) is 17.6. The zero-order valence-electron chi connectivity index (χ0n) is 20.5. The Labute approximate surface area is 210 Å². The molecule has 1 aromatic carbocycles. The van der Waals surface area contributed by atoms with Gasteiger partial charge in [-0.15, -0.1) is 0 Å². The van der Waals surface area contributed by atoms with Crippen molar-refractivity contribution in [3.63, 3.8) is 0 Å². The van der Waals surface area contributed by atoms with E-state index < -0.39 is 0 Å². The summed E-state index contributed by atoms with van der Waals surface area (Å²) in [5.41, 5.74) is 2.86. The molecule has 3 aliphatic heterocycles. The average Bonchev–Trinajstić information content (AvgIpc) is 3.54. The molecule has 1 amide bonds. The molecule has 3 aliphatic rings. The molecule has 0 radical (unpaired) electrons. The highest BCUT2D eigenvalue weighted by Crippen LogP contribution is 2.33. The number of anilines is 2. The summed E-state index contributed by atoms with van der Waals surface area (Å²) >= 11 is 0. The molecule has 0 aliphatic carbocycles. The van der Waals surface area contributed by atoms with Gasteiger partial charge in [0.05, 0.1) is 12.6 Å². The Morgan fingerprint density at radius 2 is 2.03 bits per heavy atom. The monoisotopic (exact) mass is 490 g/mol. The molecule has 188 valence electrons. The van der Waals surface area contributed by atoms with Crippen molar-refractivity contribution in [2.45, 2.75) is 44.7 Å². The van der Waals surface area contributed by atoms with E-state index in [1.165, 1.54) is 17.3 Å². The number of carbonyl (C=O) groups is 1. The van der Waals surface area contributed by atoms with Crippen LogP contribution in [-0.4, -0.2) is 70.8 Å². The van der Waals surface area contributed by atoms with Crippen LogP contribution in [0.1, 0.15) is 31.7 Å². The summed E-state index contributed by atoms with van der Waals surface area (Å²) in [5, 5.41) is 0.719. The number of hydrogen-bond acceptors (Lipinski definition) is 7. The van der Waals surface area contributed by atoms with Gasteiger partial charge in [-0.2, -0.15) is 0 Å². The van der Waals surface area contributed by atoms with E-state index in [1.54, 1.807) is 12.3 Å². The highest BCUT2D eigenvalue weighted by Gasteiger charge is 2.35. The van der Waals surface area contributed by atoms with Crippen LogP contribution in [0.25, 0.3) is 10.9 Å². The fourth-order valence-electron chi connectivity index (χ4n) is 6.05. The maximum absolute atomic E-state index is 14.3. The third-order valence-electron chi connectivity index (χ3n) is 7.91. The quantitative estimate of drug-likeness (QED) is 0.534. The molecule has 0 bridgehead atoms.